The largest absolute Gasteiger partial charge is 0.480 e. The van der Waals surface area contributed by atoms with Gasteiger partial charge in [0.2, 0.25) is 5.91 Å². The first kappa shape index (κ1) is 13.5. The van der Waals surface area contributed by atoms with Gasteiger partial charge < -0.3 is 10.4 Å². The summed E-state index contributed by atoms with van der Waals surface area (Å²) in [5.41, 5.74) is -0.671. The molecule has 0 saturated carbocycles. The molecule has 2 aromatic rings. The van der Waals surface area contributed by atoms with E-state index >= 15 is 0 Å². The van der Waals surface area contributed by atoms with Gasteiger partial charge in [0.25, 0.3) is 0 Å². The first-order valence-corrected chi connectivity index (χ1v) is 6.59. The van der Waals surface area contributed by atoms with Crippen LogP contribution in [0, 0.1) is 5.41 Å². The fourth-order valence-corrected chi connectivity index (χ4v) is 2.95. The fourth-order valence-electron chi connectivity index (χ4n) is 1.83. The molecule has 0 aliphatic heterocycles. The molecule has 19 heavy (non-hydrogen) atoms. The van der Waals surface area contributed by atoms with Gasteiger partial charge in [-0.1, -0.05) is 12.1 Å². The number of thiazole rings is 1. The number of aromatic nitrogens is 1. The summed E-state index contributed by atoms with van der Waals surface area (Å²) in [6, 6.07) is 7.57. The number of carboxylic acids is 1. The van der Waals surface area contributed by atoms with Crippen LogP contribution in [-0.2, 0) is 16.0 Å². The summed E-state index contributed by atoms with van der Waals surface area (Å²) < 4.78 is 0.988. The molecule has 1 heterocycles. The normalized spacial score (nSPS) is 14.0. The second-order valence-electron chi connectivity index (χ2n) is 4.47. The first-order chi connectivity index (χ1) is 8.97. The highest BCUT2D eigenvalue weighted by molar-refractivity contribution is 7.18. The van der Waals surface area contributed by atoms with Crippen LogP contribution in [0.3, 0.4) is 0 Å². The van der Waals surface area contributed by atoms with Gasteiger partial charge in [-0.3, -0.25) is 9.59 Å². The zero-order chi connectivity index (χ0) is 14.0. The number of hydrogen-bond donors (Lipinski definition) is 2. The molecule has 0 fully saturated rings. The van der Waals surface area contributed by atoms with Crippen LogP contribution in [-0.4, -0.2) is 29.0 Å². The summed E-state index contributed by atoms with van der Waals surface area (Å²) in [5, 5.41) is 12.3. The Labute approximate surface area is 114 Å². The Hall–Kier alpha value is -1.95. The smallest absolute Gasteiger partial charge is 0.319 e. The Morgan fingerprint density at radius 2 is 2.11 bits per heavy atom. The Morgan fingerprint density at radius 1 is 1.42 bits per heavy atom. The summed E-state index contributed by atoms with van der Waals surface area (Å²) in [7, 11) is 1.43. The van der Waals surface area contributed by atoms with E-state index in [1.54, 1.807) is 0 Å². The molecule has 2 N–H and O–H groups in total. The molecule has 1 unspecified atom stereocenters. The lowest BCUT2D eigenvalue weighted by atomic mass is 9.86. The Morgan fingerprint density at radius 3 is 2.68 bits per heavy atom. The van der Waals surface area contributed by atoms with E-state index in [4.69, 9.17) is 0 Å². The van der Waals surface area contributed by atoms with Crippen molar-refractivity contribution in [3.63, 3.8) is 0 Å². The summed E-state index contributed by atoms with van der Waals surface area (Å²) >= 11 is 1.42. The quantitative estimate of drug-likeness (QED) is 0.834. The van der Waals surface area contributed by atoms with E-state index in [1.807, 2.05) is 24.3 Å². The highest BCUT2D eigenvalue weighted by Crippen LogP contribution is 2.29. The molecular formula is C13H14N2O3S. The molecule has 1 aromatic carbocycles. The number of carbonyl (C=O) groups is 2. The van der Waals surface area contributed by atoms with E-state index in [0.29, 0.717) is 5.01 Å². The van der Waals surface area contributed by atoms with Crippen LogP contribution in [0.25, 0.3) is 10.2 Å². The summed E-state index contributed by atoms with van der Waals surface area (Å²) in [5.74, 6) is -1.66. The minimum absolute atomic E-state index is 0.0847. The molecule has 6 heteroatoms. The minimum Gasteiger partial charge on any atom is -0.480 e. The van der Waals surface area contributed by atoms with Gasteiger partial charge in [0, 0.05) is 13.5 Å². The maximum Gasteiger partial charge on any atom is 0.319 e. The van der Waals surface area contributed by atoms with Crippen molar-refractivity contribution in [1.29, 1.82) is 0 Å². The molecule has 0 bridgehead atoms. The molecule has 0 spiro atoms. The van der Waals surface area contributed by atoms with Crippen molar-refractivity contribution >= 4 is 33.4 Å². The van der Waals surface area contributed by atoms with Crippen molar-refractivity contribution in [2.45, 2.75) is 13.3 Å². The van der Waals surface area contributed by atoms with Gasteiger partial charge in [-0.15, -0.1) is 11.3 Å². The highest BCUT2D eigenvalue weighted by Gasteiger charge is 2.41. The van der Waals surface area contributed by atoms with Crippen LogP contribution in [0.5, 0.6) is 0 Å². The molecule has 0 saturated heterocycles. The zero-order valence-electron chi connectivity index (χ0n) is 10.6. The van der Waals surface area contributed by atoms with Crippen LogP contribution >= 0.6 is 11.3 Å². The molecule has 1 atom stereocenters. The number of carboxylic acid groups (broad SMARTS) is 1. The minimum atomic E-state index is -1.50. The SMILES string of the molecule is CNC(=O)C(C)(Cc1nc2ccccc2s1)C(=O)O. The number of amides is 1. The highest BCUT2D eigenvalue weighted by atomic mass is 32.1. The lowest BCUT2D eigenvalue weighted by Gasteiger charge is -2.21. The lowest BCUT2D eigenvalue weighted by molar-refractivity contribution is -0.154. The topological polar surface area (TPSA) is 79.3 Å². The third-order valence-electron chi connectivity index (χ3n) is 3.04. The average molecular weight is 278 g/mol. The Balaban J connectivity index is 2.36. The van der Waals surface area contributed by atoms with Crippen molar-refractivity contribution in [2.75, 3.05) is 7.05 Å². The van der Waals surface area contributed by atoms with E-state index in [1.165, 1.54) is 25.3 Å². The van der Waals surface area contributed by atoms with Crippen LogP contribution < -0.4 is 5.32 Å². The third kappa shape index (κ3) is 2.44. The van der Waals surface area contributed by atoms with E-state index in [0.717, 1.165) is 10.2 Å². The van der Waals surface area contributed by atoms with Gasteiger partial charge in [-0.2, -0.15) is 0 Å². The van der Waals surface area contributed by atoms with Crippen LogP contribution in [0.15, 0.2) is 24.3 Å². The zero-order valence-corrected chi connectivity index (χ0v) is 11.5. The molecule has 1 amide bonds. The standard InChI is InChI=1S/C13H14N2O3S/c1-13(12(17)18,11(16)14-2)7-10-15-8-5-3-4-6-9(8)19-10/h3-6H,7H2,1-2H3,(H,14,16)(H,17,18). The molecule has 0 radical (unpaired) electrons. The van der Waals surface area contributed by atoms with Crippen molar-refractivity contribution < 1.29 is 14.7 Å². The molecule has 1 aromatic heterocycles. The number of benzene rings is 1. The number of aliphatic carboxylic acids is 1. The van der Waals surface area contributed by atoms with Crippen LogP contribution in [0.1, 0.15) is 11.9 Å². The first-order valence-electron chi connectivity index (χ1n) is 5.77. The number of nitrogens with zero attached hydrogens (tertiary/aromatic N) is 1. The van der Waals surface area contributed by atoms with Gasteiger partial charge >= 0.3 is 5.97 Å². The van der Waals surface area contributed by atoms with Crippen molar-refractivity contribution in [2.24, 2.45) is 5.41 Å². The molecule has 0 aliphatic carbocycles. The van der Waals surface area contributed by atoms with Crippen molar-refractivity contribution in [3.8, 4) is 0 Å². The average Bonchev–Trinajstić information content (AvgIpc) is 2.79. The van der Waals surface area contributed by atoms with Gasteiger partial charge in [-0.25, -0.2) is 4.98 Å². The van der Waals surface area contributed by atoms with Crippen LogP contribution in [0.4, 0.5) is 0 Å². The molecular weight excluding hydrogens is 264 g/mol. The lowest BCUT2D eigenvalue weighted by Crippen LogP contribution is -2.44. The maximum atomic E-state index is 11.8. The molecule has 100 valence electrons. The number of carbonyl (C=O) groups excluding carboxylic acids is 1. The molecule has 5 nitrogen and oxygen atoms in total. The van der Waals surface area contributed by atoms with E-state index in [2.05, 4.69) is 10.3 Å². The predicted octanol–water partition coefficient (Wildman–Crippen LogP) is 1.68. The monoisotopic (exact) mass is 278 g/mol. The van der Waals surface area contributed by atoms with Crippen LogP contribution in [0.2, 0.25) is 0 Å². The number of hydrogen-bond acceptors (Lipinski definition) is 4. The van der Waals surface area contributed by atoms with E-state index < -0.39 is 17.3 Å². The number of fused-ring (bicyclic) bond motifs is 1. The Kier molecular flexibility index (Phi) is 3.53. The summed E-state index contributed by atoms with van der Waals surface area (Å²) in [6.07, 6.45) is 0.0847. The predicted molar refractivity (Wildman–Crippen MR) is 73.1 cm³/mol. The van der Waals surface area contributed by atoms with Gasteiger partial charge in [0.15, 0.2) is 0 Å². The van der Waals surface area contributed by atoms with Gasteiger partial charge in [-0.05, 0) is 19.1 Å². The second-order valence-corrected chi connectivity index (χ2v) is 5.58. The number of rotatable bonds is 4. The van der Waals surface area contributed by atoms with Crippen molar-refractivity contribution in [1.82, 2.24) is 10.3 Å². The summed E-state index contributed by atoms with van der Waals surface area (Å²) in [6.45, 7) is 1.42. The summed E-state index contributed by atoms with van der Waals surface area (Å²) in [4.78, 5) is 27.5. The number of para-hydroxylation sites is 1. The molecule has 2 rings (SSSR count). The van der Waals surface area contributed by atoms with E-state index in [9.17, 15) is 14.7 Å². The van der Waals surface area contributed by atoms with Crippen molar-refractivity contribution in [3.05, 3.63) is 29.3 Å². The molecule has 0 aliphatic rings. The van der Waals surface area contributed by atoms with E-state index in [-0.39, 0.29) is 6.42 Å². The number of nitrogens with one attached hydrogen (secondary N) is 1. The fraction of sp³-hybridized carbons (Fsp3) is 0.308. The second kappa shape index (κ2) is 4.97. The van der Waals surface area contributed by atoms with Gasteiger partial charge in [0.05, 0.1) is 15.2 Å². The Bertz CT molecular complexity index is 605. The third-order valence-corrected chi connectivity index (χ3v) is 4.08. The van der Waals surface area contributed by atoms with Gasteiger partial charge in [0.1, 0.15) is 5.41 Å². The maximum absolute atomic E-state index is 11.8.